The number of rotatable bonds is 3. The lowest BCUT2D eigenvalue weighted by atomic mass is 10.2. The number of hydrogen-bond acceptors (Lipinski definition) is 5. The second kappa shape index (κ2) is 7.27. The van der Waals surface area contributed by atoms with Gasteiger partial charge in [-0.05, 0) is 13.0 Å². The minimum absolute atomic E-state index is 0. The first-order chi connectivity index (χ1) is 6.54. The van der Waals surface area contributed by atoms with Crippen LogP contribution in [0.1, 0.15) is 6.92 Å². The minimum Gasteiger partial charge on any atom is -0.494 e. The molecule has 0 fully saturated rings. The Labute approximate surface area is 107 Å². The number of nitrogen functional groups attached to an aromatic ring is 2. The molecule has 0 aliphatic rings. The first kappa shape index (κ1) is 17.4. The van der Waals surface area contributed by atoms with Gasteiger partial charge in [-0.3, -0.25) is 0 Å². The summed E-state index contributed by atoms with van der Waals surface area (Å²) < 4.78 is 10.0. The number of aliphatic hydroxyl groups excluding tert-OH is 1. The highest BCUT2D eigenvalue weighted by Gasteiger charge is 2.08. The van der Waals surface area contributed by atoms with Crippen molar-refractivity contribution in [1.29, 1.82) is 0 Å². The van der Waals surface area contributed by atoms with Gasteiger partial charge in [-0.25, -0.2) is 0 Å². The second-order valence-corrected chi connectivity index (χ2v) is 2.85. The third-order valence-electron chi connectivity index (χ3n) is 1.66. The summed E-state index contributed by atoms with van der Waals surface area (Å²) in [5.41, 5.74) is 12.0. The van der Waals surface area contributed by atoms with E-state index in [4.69, 9.17) is 26.0 Å². The summed E-state index contributed by atoms with van der Waals surface area (Å²) >= 11 is 0. The van der Waals surface area contributed by atoms with Crippen LogP contribution in [0.15, 0.2) is 12.1 Å². The van der Waals surface area contributed by atoms with Crippen molar-refractivity contribution in [3.8, 4) is 11.5 Å². The Balaban J connectivity index is 0. The SMILES string of the molecule is COc1cc(OC(C)O)c(N)cc1N.Cl.Cl. The van der Waals surface area contributed by atoms with Crippen LogP contribution >= 0.6 is 24.8 Å². The van der Waals surface area contributed by atoms with Crippen LogP contribution in [0.4, 0.5) is 11.4 Å². The molecule has 0 aromatic heterocycles. The van der Waals surface area contributed by atoms with E-state index in [0.717, 1.165) is 0 Å². The fraction of sp³-hybridized carbons (Fsp3) is 0.333. The van der Waals surface area contributed by atoms with Gasteiger partial charge in [-0.15, -0.1) is 24.8 Å². The molecule has 0 spiro atoms. The molecule has 16 heavy (non-hydrogen) atoms. The zero-order valence-electron chi connectivity index (χ0n) is 8.97. The van der Waals surface area contributed by atoms with Crippen molar-refractivity contribution in [3.05, 3.63) is 12.1 Å². The largest absolute Gasteiger partial charge is 0.494 e. The van der Waals surface area contributed by atoms with E-state index >= 15 is 0 Å². The Morgan fingerprint density at radius 3 is 2.06 bits per heavy atom. The van der Waals surface area contributed by atoms with Crippen LogP contribution in [0, 0.1) is 0 Å². The van der Waals surface area contributed by atoms with Gasteiger partial charge in [0.1, 0.15) is 11.5 Å². The number of methoxy groups -OCH3 is 1. The van der Waals surface area contributed by atoms with E-state index in [2.05, 4.69) is 0 Å². The van der Waals surface area contributed by atoms with E-state index in [1.54, 1.807) is 0 Å². The molecule has 7 heteroatoms. The highest BCUT2D eigenvalue weighted by atomic mass is 35.5. The standard InChI is InChI=1S/C9H14N2O3.2ClH/c1-5(12)14-9-4-8(13-2)6(10)3-7(9)11;;/h3-5,12H,10-11H2,1-2H3;2*1H. The van der Waals surface area contributed by atoms with Crippen molar-refractivity contribution in [2.75, 3.05) is 18.6 Å². The number of aliphatic hydroxyl groups is 1. The van der Waals surface area contributed by atoms with Crippen LogP contribution in [-0.4, -0.2) is 18.5 Å². The van der Waals surface area contributed by atoms with Crippen LogP contribution in [0.5, 0.6) is 11.5 Å². The fourth-order valence-electron chi connectivity index (χ4n) is 1.06. The van der Waals surface area contributed by atoms with Gasteiger partial charge in [0.25, 0.3) is 0 Å². The van der Waals surface area contributed by atoms with Crippen molar-refractivity contribution < 1.29 is 14.6 Å². The van der Waals surface area contributed by atoms with E-state index in [0.29, 0.717) is 22.9 Å². The van der Waals surface area contributed by atoms with Gasteiger partial charge in [0.05, 0.1) is 18.5 Å². The molecule has 1 aromatic rings. The van der Waals surface area contributed by atoms with E-state index < -0.39 is 6.29 Å². The topological polar surface area (TPSA) is 90.7 Å². The van der Waals surface area contributed by atoms with Gasteiger partial charge in [0.15, 0.2) is 6.29 Å². The van der Waals surface area contributed by atoms with Crippen molar-refractivity contribution >= 4 is 36.2 Å². The lowest BCUT2D eigenvalue weighted by molar-refractivity contribution is 0.000172. The number of nitrogens with two attached hydrogens (primary N) is 2. The first-order valence-corrected chi connectivity index (χ1v) is 4.12. The van der Waals surface area contributed by atoms with Crippen LogP contribution in [0.25, 0.3) is 0 Å². The number of hydrogen-bond donors (Lipinski definition) is 3. The lowest BCUT2D eigenvalue weighted by Gasteiger charge is -2.13. The smallest absolute Gasteiger partial charge is 0.194 e. The molecule has 0 radical (unpaired) electrons. The lowest BCUT2D eigenvalue weighted by Crippen LogP contribution is -2.11. The van der Waals surface area contributed by atoms with Crippen molar-refractivity contribution in [2.45, 2.75) is 13.2 Å². The Bertz CT molecular complexity index is 335. The average Bonchev–Trinajstić information content (AvgIpc) is 2.09. The maximum absolute atomic E-state index is 9.01. The molecule has 1 aromatic carbocycles. The Morgan fingerprint density at radius 1 is 1.12 bits per heavy atom. The molecular formula is C9H16Cl2N2O3. The Kier molecular flexibility index (Phi) is 7.89. The zero-order chi connectivity index (χ0) is 10.7. The molecular weight excluding hydrogens is 255 g/mol. The summed E-state index contributed by atoms with van der Waals surface area (Å²) in [5.74, 6) is 0.820. The molecule has 0 aliphatic heterocycles. The van der Waals surface area contributed by atoms with E-state index in [1.165, 1.54) is 26.2 Å². The van der Waals surface area contributed by atoms with Gasteiger partial charge >= 0.3 is 0 Å². The van der Waals surface area contributed by atoms with E-state index in [9.17, 15) is 0 Å². The fourth-order valence-corrected chi connectivity index (χ4v) is 1.06. The summed E-state index contributed by atoms with van der Waals surface area (Å²) in [6.07, 6.45) is -0.925. The van der Waals surface area contributed by atoms with E-state index in [1.807, 2.05) is 0 Å². The molecule has 5 nitrogen and oxygen atoms in total. The Hall–Kier alpha value is -1.04. The van der Waals surface area contributed by atoms with Crippen LogP contribution < -0.4 is 20.9 Å². The molecule has 0 saturated heterocycles. The van der Waals surface area contributed by atoms with Gasteiger partial charge in [0.2, 0.25) is 0 Å². The third kappa shape index (κ3) is 4.22. The maximum atomic E-state index is 9.01. The van der Waals surface area contributed by atoms with Gasteiger partial charge in [-0.2, -0.15) is 0 Å². The molecule has 1 atom stereocenters. The highest BCUT2D eigenvalue weighted by molar-refractivity contribution is 5.85. The molecule has 0 amide bonds. The quantitative estimate of drug-likeness (QED) is 0.571. The van der Waals surface area contributed by atoms with E-state index in [-0.39, 0.29) is 24.8 Å². The van der Waals surface area contributed by atoms with Crippen LogP contribution in [-0.2, 0) is 0 Å². The normalized spacial score (nSPS) is 10.7. The predicted octanol–water partition coefficient (Wildman–Crippen LogP) is 1.42. The van der Waals surface area contributed by atoms with Gasteiger partial charge in [-0.1, -0.05) is 0 Å². The summed E-state index contributed by atoms with van der Waals surface area (Å²) in [7, 11) is 1.49. The maximum Gasteiger partial charge on any atom is 0.194 e. The predicted molar refractivity (Wildman–Crippen MR) is 68.6 cm³/mol. The number of ether oxygens (including phenoxy) is 2. The number of benzene rings is 1. The molecule has 0 heterocycles. The van der Waals surface area contributed by atoms with Crippen molar-refractivity contribution in [1.82, 2.24) is 0 Å². The molecule has 0 saturated carbocycles. The monoisotopic (exact) mass is 270 g/mol. The van der Waals surface area contributed by atoms with Crippen molar-refractivity contribution in [2.24, 2.45) is 0 Å². The molecule has 1 rings (SSSR count). The van der Waals surface area contributed by atoms with Crippen LogP contribution in [0.3, 0.4) is 0 Å². The first-order valence-electron chi connectivity index (χ1n) is 4.12. The molecule has 0 aliphatic carbocycles. The molecule has 94 valence electrons. The molecule has 0 bridgehead atoms. The average molecular weight is 271 g/mol. The summed E-state index contributed by atoms with van der Waals surface area (Å²) in [6, 6.07) is 3.06. The molecule has 1 unspecified atom stereocenters. The third-order valence-corrected chi connectivity index (χ3v) is 1.66. The minimum atomic E-state index is -0.925. The Morgan fingerprint density at radius 2 is 1.62 bits per heavy atom. The second-order valence-electron chi connectivity index (χ2n) is 2.85. The zero-order valence-corrected chi connectivity index (χ0v) is 10.6. The summed E-state index contributed by atoms with van der Waals surface area (Å²) in [4.78, 5) is 0. The van der Waals surface area contributed by atoms with Crippen LogP contribution in [0.2, 0.25) is 0 Å². The number of halogens is 2. The molecule has 5 N–H and O–H groups in total. The number of anilines is 2. The van der Waals surface area contributed by atoms with Crippen molar-refractivity contribution in [3.63, 3.8) is 0 Å². The summed E-state index contributed by atoms with van der Waals surface area (Å²) in [6.45, 7) is 1.49. The van der Waals surface area contributed by atoms with Gasteiger partial charge < -0.3 is 26.0 Å². The van der Waals surface area contributed by atoms with Gasteiger partial charge in [0, 0.05) is 6.07 Å². The summed E-state index contributed by atoms with van der Waals surface area (Å²) in [5, 5.41) is 9.01. The highest BCUT2D eigenvalue weighted by Crippen LogP contribution is 2.32.